The van der Waals surface area contributed by atoms with Crippen LogP contribution in [0.4, 0.5) is 11.4 Å². The lowest BCUT2D eigenvalue weighted by molar-refractivity contribution is -0.191. The van der Waals surface area contributed by atoms with E-state index in [0.717, 1.165) is 115 Å². The van der Waals surface area contributed by atoms with E-state index in [1.165, 1.54) is 11.1 Å². The molecular weight excluding hydrogens is 620 g/mol. The number of ketones is 1. The maximum absolute atomic E-state index is 13.2. The molecule has 2 aromatic rings. The summed E-state index contributed by atoms with van der Waals surface area (Å²) in [5.74, 6) is 0.417. The summed E-state index contributed by atoms with van der Waals surface area (Å²) in [7, 11) is 3.45. The number of amides is 2. The van der Waals surface area contributed by atoms with Gasteiger partial charge in [-0.3, -0.25) is 14.4 Å². The third kappa shape index (κ3) is 7.95. The minimum Gasteiger partial charge on any atom is -0.385 e. The average Bonchev–Trinajstić information content (AvgIpc) is 3.81. The van der Waals surface area contributed by atoms with Crippen molar-refractivity contribution in [2.24, 2.45) is 10.8 Å². The van der Waals surface area contributed by atoms with E-state index in [4.69, 9.17) is 18.9 Å². The summed E-state index contributed by atoms with van der Waals surface area (Å²) >= 11 is 0. The fourth-order valence-corrected chi connectivity index (χ4v) is 8.49. The number of rotatable bonds is 10. The molecule has 9 heteroatoms. The Balaban J connectivity index is 0.000000171. The first kappa shape index (κ1) is 35.7. The lowest BCUT2D eigenvalue weighted by atomic mass is 9.71. The van der Waals surface area contributed by atoms with Crippen molar-refractivity contribution in [1.82, 2.24) is 0 Å². The fraction of sp³-hybridized carbons (Fsp3) is 0.625. The molecule has 5 aliphatic rings. The molecule has 3 spiro atoms. The van der Waals surface area contributed by atoms with Gasteiger partial charge in [0.2, 0.25) is 11.8 Å². The second-order valence-corrected chi connectivity index (χ2v) is 14.6. The molecule has 5 fully saturated rings. The Morgan fingerprint density at radius 3 is 1.45 bits per heavy atom. The molecule has 2 saturated carbocycles. The number of nitrogens with zero attached hydrogens (tertiary/aromatic N) is 2. The first-order chi connectivity index (χ1) is 23.8. The summed E-state index contributed by atoms with van der Waals surface area (Å²) in [4.78, 5) is 41.5. The van der Waals surface area contributed by atoms with Crippen LogP contribution in [0.25, 0.3) is 0 Å². The first-order valence-corrected chi connectivity index (χ1v) is 18.4. The van der Waals surface area contributed by atoms with Gasteiger partial charge in [-0.25, -0.2) is 0 Å². The van der Waals surface area contributed by atoms with Crippen molar-refractivity contribution < 1.29 is 33.3 Å². The number of carbonyl (C=O) groups is 3. The van der Waals surface area contributed by atoms with Crippen molar-refractivity contribution in [2.75, 3.05) is 63.5 Å². The molecular formula is C40H54N2O7. The molecule has 2 amide bonds. The van der Waals surface area contributed by atoms with Crippen molar-refractivity contribution in [3.8, 4) is 0 Å². The van der Waals surface area contributed by atoms with E-state index in [-0.39, 0.29) is 22.6 Å². The first-order valence-electron chi connectivity index (χ1n) is 18.4. The number of anilines is 2. The van der Waals surface area contributed by atoms with Crippen molar-refractivity contribution in [1.29, 1.82) is 0 Å². The van der Waals surface area contributed by atoms with Crippen LogP contribution in [-0.2, 0) is 46.2 Å². The van der Waals surface area contributed by atoms with Gasteiger partial charge < -0.3 is 28.7 Å². The minimum atomic E-state index is -0.400. The van der Waals surface area contributed by atoms with Gasteiger partial charge >= 0.3 is 0 Å². The Morgan fingerprint density at radius 1 is 0.592 bits per heavy atom. The number of benzene rings is 2. The molecule has 2 aliphatic carbocycles. The van der Waals surface area contributed by atoms with E-state index in [1.807, 2.05) is 21.9 Å². The van der Waals surface area contributed by atoms with Crippen LogP contribution in [0, 0.1) is 10.8 Å². The number of methoxy groups -OCH3 is 2. The summed E-state index contributed by atoms with van der Waals surface area (Å²) in [6.45, 7) is 4.51. The van der Waals surface area contributed by atoms with E-state index < -0.39 is 5.79 Å². The monoisotopic (exact) mass is 674 g/mol. The molecule has 2 aromatic carbocycles. The largest absolute Gasteiger partial charge is 0.385 e. The topological polar surface area (TPSA) is 94.6 Å². The van der Waals surface area contributed by atoms with Gasteiger partial charge in [0.25, 0.3) is 0 Å². The minimum absolute atomic E-state index is 0.211. The van der Waals surface area contributed by atoms with Gasteiger partial charge in [-0.2, -0.15) is 0 Å². The smallest absolute Gasteiger partial charge is 0.233 e. The van der Waals surface area contributed by atoms with Crippen LogP contribution in [0.2, 0.25) is 0 Å². The zero-order valence-electron chi connectivity index (χ0n) is 29.5. The molecule has 3 heterocycles. The number of ether oxygens (including phenoxy) is 4. The summed E-state index contributed by atoms with van der Waals surface area (Å²) in [5, 5.41) is 0. The molecule has 49 heavy (non-hydrogen) atoms. The summed E-state index contributed by atoms with van der Waals surface area (Å²) in [5.41, 5.74) is 4.09. The van der Waals surface area contributed by atoms with Gasteiger partial charge in [0.15, 0.2) is 5.79 Å². The van der Waals surface area contributed by atoms with Crippen LogP contribution in [0.15, 0.2) is 48.5 Å². The van der Waals surface area contributed by atoms with Gasteiger partial charge in [-0.05, 0) is 99.6 Å². The lowest BCUT2D eigenvalue weighted by Gasteiger charge is -2.40. The summed E-state index contributed by atoms with van der Waals surface area (Å²) < 4.78 is 21.8. The fourth-order valence-electron chi connectivity index (χ4n) is 8.49. The van der Waals surface area contributed by atoms with Crippen LogP contribution in [-0.4, -0.2) is 77.1 Å². The number of carbonyl (C=O) groups excluding carboxylic acids is 3. The SMILES string of the molecule is COCCCc1ccc(N2CCC3(CCC(=O)CC3)C2=O)cc1.COCCCc1ccc(N2CCC3(CCC4(CC3)OCCO4)C2=O)cc1. The maximum Gasteiger partial charge on any atom is 0.233 e. The Bertz CT molecular complexity index is 1410. The van der Waals surface area contributed by atoms with Crippen LogP contribution in [0.1, 0.15) is 88.2 Å². The highest BCUT2D eigenvalue weighted by atomic mass is 16.7. The average molecular weight is 675 g/mol. The van der Waals surface area contributed by atoms with Gasteiger partial charge in [0, 0.05) is 77.6 Å². The Morgan fingerprint density at radius 2 is 1.02 bits per heavy atom. The molecule has 3 saturated heterocycles. The van der Waals surface area contributed by atoms with Crippen molar-refractivity contribution >= 4 is 29.0 Å². The molecule has 266 valence electrons. The third-order valence-corrected chi connectivity index (χ3v) is 11.7. The Labute approximate surface area is 291 Å². The van der Waals surface area contributed by atoms with Gasteiger partial charge in [-0.15, -0.1) is 0 Å². The molecule has 3 aliphatic heterocycles. The zero-order valence-corrected chi connectivity index (χ0v) is 29.5. The van der Waals surface area contributed by atoms with E-state index in [0.29, 0.717) is 31.8 Å². The number of hydrogen-bond acceptors (Lipinski definition) is 7. The highest BCUT2D eigenvalue weighted by Crippen LogP contribution is 2.51. The molecule has 0 radical (unpaired) electrons. The molecule has 0 unspecified atom stereocenters. The molecule has 7 rings (SSSR count). The molecule has 0 aromatic heterocycles. The number of hydrogen-bond donors (Lipinski definition) is 0. The van der Waals surface area contributed by atoms with Crippen molar-refractivity contribution in [3.05, 3.63) is 59.7 Å². The Kier molecular flexibility index (Phi) is 11.5. The van der Waals surface area contributed by atoms with Crippen molar-refractivity contribution in [2.45, 2.75) is 95.7 Å². The van der Waals surface area contributed by atoms with Gasteiger partial charge in [-0.1, -0.05) is 24.3 Å². The zero-order chi connectivity index (χ0) is 34.3. The molecule has 0 atom stereocenters. The van der Waals surface area contributed by atoms with Crippen molar-refractivity contribution in [3.63, 3.8) is 0 Å². The number of Topliss-reactive ketones (excluding diaryl/α,β-unsaturated/α-hetero) is 1. The van der Waals surface area contributed by atoms with Gasteiger partial charge in [0.05, 0.1) is 24.0 Å². The second-order valence-electron chi connectivity index (χ2n) is 14.6. The van der Waals surface area contributed by atoms with E-state index in [1.54, 1.807) is 14.2 Å². The lowest BCUT2D eigenvalue weighted by Crippen LogP contribution is -2.44. The van der Waals surface area contributed by atoms with Crippen LogP contribution >= 0.6 is 0 Å². The quantitative estimate of drug-likeness (QED) is 0.268. The summed E-state index contributed by atoms with van der Waals surface area (Å²) in [6.07, 6.45) is 11.9. The highest BCUT2D eigenvalue weighted by molar-refractivity contribution is 6.01. The van der Waals surface area contributed by atoms with E-state index in [2.05, 4.69) is 36.4 Å². The second kappa shape index (κ2) is 15.8. The molecule has 9 nitrogen and oxygen atoms in total. The van der Waals surface area contributed by atoms with Gasteiger partial charge in [0.1, 0.15) is 5.78 Å². The highest BCUT2D eigenvalue weighted by Gasteiger charge is 2.54. The van der Waals surface area contributed by atoms with Crippen LogP contribution < -0.4 is 9.80 Å². The van der Waals surface area contributed by atoms with Crippen LogP contribution in [0.3, 0.4) is 0 Å². The molecule has 0 bridgehead atoms. The normalized spacial score (nSPS) is 22.4. The van der Waals surface area contributed by atoms with E-state index >= 15 is 0 Å². The number of aryl methyl sites for hydroxylation is 2. The summed E-state index contributed by atoms with van der Waals surface area (Å²) in [6, 6.07) is 16.8. The van der Waals surface area contributed by atoms with E-state index in [9.17, 15) is 14.4 Å². The Hall–Kier alpha value is -3.11. The maximum atomic E-state index is 13.2. The predicted octanol–water partition coefficient (Wildman–Crippen LogP) is 6.44. The van der Waals surface area contributed by atoms with Crippen LogP contribution in [0.5, 0.6) is 0 Å². The third-order valence-electron chi connectivity index (χ3n) is 11.7. The predicted molar refractivity (Wildman–Crippen MR) is 189 cm³/mol. The standard InChI is InChI=1S/C21H29NO4.C19H25NO3/c1-24-14-2-3-17-4-6-18(7-5-17)22-13-12-20(19(22)23)8-10-21(11-9-20)25-15-16-26-21;1-23-14-2-3-15-4-6-16(7-5-15)20-13-12-19(18(20)22)10-8-17(21)9-11-19/h4-7H,2-3,8-16H2,1H3;4-7H,2-3,8-14H2,1H3. The molecule has 0 N–H and O–H groups in total.